The van der Waals surface area contributed by atoms with E-state index in [1.165, 1.54) is 0 Å². The molecule has 0 radical (unpaired) electrons. The first-order chi connectivity index (χ1) is 16.3. The van der Waals surface area contributed by atoms with E-state index in [2.05, 4.69) is 5.32 Å². The molecule has 1 unspecified atom stereocenters. The third-order valence-corrected chi connectivity index (χ3v) is 5.59. The molecule has 2 aromatic carbocycles. The molecular weight excluding hydrogens is 438 g/mol. The smallest absolute Gasteiger partial charge is 0.233 e. The number of hydrogen-bond donors (Lipinski definition) is 3. The minimum absolute atomic E-state index is 0.0368. The zero-order chi connectivity index (χ0) is 24.8. The van der Waals surface area contributed by atoms with Crippen LogP contribution in [0.1, 0.15) is 38.8 Å². The summed E-state index contributed by atoms with van der Waals surface area (Å²) >= 11 is 0. The quantitative estimate of drug-likeness (QED) is 0.221. The third-order valence-electron chi connectivity index (χ3n) is 5.59. The Morgan fingerprint density at radius 1 is 1.24 bits per heavy atom. The molecule has 3 N–H and O–H groups in total. The van der Waals surface area contributed by atoms with Crippen LogP contribution in [0.4, 0.5) is 5.69 Å². The number of fused-ring (bicyclic) bond motifs is 1. The molecule has 1 atom stereocenters. The van der Waals surface area contributed by atoms with E-state index in [1.807, 2.05) is 25.1 Å². The summed E-state index contributed by atoms with van der Waals surface area (Å²) < 4.78 is 12.8. The number of amides is 2. The van der Waals surface area contributed by atoms with Crippen LogP contribution in [0.2, 0.25) is 0 Å². The van der Waals surface area contributed by atoms with Gasteiger partial charge in [-0.3, -0.25) is 14.8 Å². The van der Waals surface area contributed by atoms with Crippen molar-refractivity contribution < 1.29 is 29.4 Å². The SMILES string of the molecule is CCOc1cc(C(CCN(O)C=O)n2cc3cccc(NC(=O)C(C)C)c3c2O)ccc1OC. The summed E-state index contributed by atoms with van der Waals surface area (Å²) in [5.41, 5.74) is 1.29. The predicted molar refractivity (Wildman–Crippen MR) is 129 cm³/mol. The second-order valence-electron chi connectivity index (χ2n) is 8.19. The fraction of sp³-hybridized carbons (Fsp3) is 0.360. The van der Waals surface area contributed by atoms with Gasteiger partial charge in [0.15, 0.2) is 11.5 Å². The van der Waals surface area contributed by atoms with Gasteiger partial charge in [-0.1, -0.05) is 32.0 Å². The van der Waals surface area contributed by atoms with Crippen molar-refractivity contribution in [2.75, 3.05) is 25.6 Å². The first-order valence-corrected chi connectivity index (χ1v) is 11.2. The molecular formula is C25H31N3O6. The highest BCUT2D eigenvalue weighted by Gasteiger charge is 2.23. The summed E-state index contributed by atoms with van der Waals surface area (Å²) in [6.45, 7) is 5.94. The maximum absolute atomic E-state index is 12.3. The van der Waals surface area contributed by atoms with Gasteiger partial charge in [-0.25, -0.2) is 5.06 Å². The van der Waals surface area contributed by atoms with Crippen molar-refractivity contribution in [3.05, 3.63) is 48.2 Å². The van der Waals surface area contributed by atoms with Gasteiger partial charge in [0.05, 0.1) is 37.4 Å². The molecule has 1 heterocycles. The molecule has 9 heteroatoms. The summed E-state index contributed by atoms with van der Waals surface area (Å²) in [4.78, 5) is 23.3. The van der Waals surface area contributed by atoms with E-state index < -0.39 is 6.04 Å². The van der Waals surface area contributed by atoms with Crippen LogP contribution in [0.3, 0.4) is 0 Å². The minimum Gasteiger partial charge on any atom is -0.494 e. The average molecular weight is 470 g/mol. The van der Waals surface area contributed by atoms with Crippen molar-refractivity contribution in [3.63, 3.8) is 0 Å². The molecule has 0 saturated heterocycles. The van der Waals surface area contributed by atoms with Crippen LogP contribution in [0.15, 0.2) is 42.6 Å². The molecule has 0 spiro atoms. The molecule has 0 fully saturated rings. The lowest BCUT2D eigenvalue weighted by Gasteiger charge is -2.23. The molecule has 182 valence electrons. The highest BCUT2D eigenvalue weighted by molar-refractivity contribution is 6.05. The van der Waals surface area contributed by atoms with Gasteiger partial charge in [0, 0.05) is 17.5 Å². The van der Waals surface area contributed by atoms with Gasteiger partial charge in [0.2, 0.25) is 18.2 Å². The van der Waals surface area contributed by atoms with Gasteiger partial charge in [0.1, 0.15) is 0 Å². The van der Waals surface area contributed by atoms with E-state index in [1.54, 1.807) is 49.9 Å². The lowest BCUT2D eigenvalue weighted by molar-refractivity contribution is -0.150. The fourth-order valence-corrected chi connectivity index (χ4v) is 3.83. The Bertz CT molecular complexity index is 1160. The number of anilines is 1. The lowest BCUT2D eigenvalue weighted by atomic mass is 10.0. The number of nitrogens with one attached hydrogen (secondary N) is 1. The predicted octanol–water partition coefficient (Wildman–Crippen LogP) is 4.18. The van der Waals surface area contributed by atoms with E-state index in [0.29, 0.717) is 47.1 Å². The number of benzene rings is 2. The molecule has 0 aliphatic rings. The Morgan fingerprint density at radius 3 is 2.65 bits per heavy atom. The molecule has 9 nitrogen and oxygen atoms in total. The number of ether oxygens (including phenoxy) is 2. The second kappa shape index (κ2) is 10.9. The third kappa shape index (κ3) is 5.26. The number of methoxy groups -OCH3 is 1. The molecule has 0 saturated carbocycles. The number of aromatic nitrogens is 1. The first kappa shape index (κ1) is 24.9. The Kier molecular flexibility index (Phi) is 8.01. The van der Waals surface area contributed by atoms with Crippen molar-refractivity contribution in [3.8, 4) is 17.4 Å². The number of rotatable bonds is 11. The largest absolute Gasteiger partial charge is 0.494 e. The maximum atomic E-state index is 12.3. The Balaban J connectivity index is 2.12. The van der Waals surface area contributed by atoms with Gasteiger partial charge in [0.25, 0.3) is 0 Å². The summed E-state index contributed by atoms with van der Waals surface area (Å²) in [5, 5.41) is 25.7. The van der Waals surface area contributed by atoms with Gasteiger partial charge in [-0.2, -0.15) is 0 Å². The van der Waals surface area contributed by atoms with Gasteiger partial charge in [-0.05, 0) is 37.1 Å². The van der Waals surface area contributed by atoms with E-state index in [9.17, 15) is 19.9 Å². The molecule has 2 amide bonds. The normalized spacial score (nSPS) is 11.9. The number of carbonyl (C=O) groups excluding carboxylic acids is 2. The van der Waals surface area contributed by atoms with Crippen LogP contribution in [-0.2, 0) is 9.59 Å². The Labute approximate surface area is 198 Å². The van der Waals surface area contributed by atoms with Crippen molar-refractivity contribution in [2.45, 2.75) is 33.2 Å². The highest BCUT2D eigenvalue weighted by atomic mass is 16.5. The van der Waals surface area contributed by atoms with E-state index >= 15 is 0 Å². The fourth-order valence-electron chi connectivity index (χ4n) is 3.83. The number of aromatic hydroxyl groups is 1. The summed E-state index contributed by atoms with van der Waals surface area (Å²) in [6, 6.07) is 10.4. The number of hydroxylamine groups is 2. The van der Waals surface area contributed by atoms with Crippen LogP contribution in [0.25, 0.3) is 10.8 Å². The zero-order valence-corrected chi connectivity index (χ0v) is 19.8. The molecule has 34 heavy (non-hydrogen) atoms. The van der Waals surface area contributed by atoms with Gasteiger partial charge in [-0.15, -0.1) is 0 Å². The van der Waals surface area contributed by atoms with Crippen LogP contribution < -0.4 is 14.8 Å². The lowest BCUT2D eigenvalue weighted by Crippen LogP contribution is -2.22. The summed E-state index contributed by atoms with van der Waals surface area (Å²) in [5.74, 6) is 0.701. The van der Waals surface area contributed by atoms with E-state index in [-0.39, 0.29) is 24.2 Å². The number of carbonyl (C=O) groups is 2. The van der Waals surface area contributed by atoms with Crippen LogP contribution in [0.5, 0.6) is 17.4 Å². The molecule has 3 aromatic rings. The average Bonchev–Trinajstić information content (AvgIpc) is 3.16. The van der Waals surface area contributed by atoms with Crippen LogP contribution >= 0.6 is 0 Å². The topological polar surface area (TPSA) is 113 Å². The Hall–Kier alpha value is -3.72. The maximum Gasteiger partial charge on any atom is 0.233 e. The van der Waals surface area contributed by atoms with Crippen molar-refractivity contribution in [1.29, 1.82) is 0 Å². The van der Waals surface area contributed by atoms with Crippen LogP contribution in [0, 0.1) is 5.92 Å². The zero-order valence-electron chi connectivity index (χ0n) is 19.8. The number of hydrogen-bond acceptors (Lipinski definition) is 6. The molecule has 0 aliphatic heterocycles. The van der Waals surface area contributed by atoms with Crippen molar-refractivity contribution in [1.82, 2.24) is 9.63 Å². The summed E-state index contributed by atoms with van der Waals surface area (Å²) in [6.07, 6.45) is 2.42. The van der Waals surface area contributed by atoms with Crippen LogP contribution in [-0.4, -0.2) is 52.5 Å². The molecule has 0 aliphatic carbocycles. The number of nitrogens with zero attached hydrogens (tertiary/aromatic N) is 2. The Morgan fingerprint density at radius 2 is 2.00 bits per heavy atom. The van der Waals surface area contributed by atoms with Gasteiger partial charge >= 0.3 is 0 Å². The molecule has 0 bridgehead atoms. The summed E-state index contributed by atoms with van der Waals surface area (Å²) in [7, 11) is 1.56. The molecule has 3 rings (SSSR count). The minimum atomic E-state index is -0.458. The van der Waals surface area contributed by atoms with E-state index in [4.69, 9.17) is 9.47 Å². The first-order valence-electron chi connectivity index (χ1n) is 11.2. The van der Waals surface area contributed by atoms with Crippen molar-refractivity contribution in [2.24, 2.45) is 5.92 Å². The highest BCUT2D eigenvalue weighted by Crippen LogP contribution is 2.40. The monoisotopic (exact) mass is 469 g/mol. The standard InChI is InChI=1S/C25H31N3O6/c1-5-34-22-13-17(9-10-21(22)33-4)20(11-12-27(32)15-29)28-14-18-7-6-8-19(23(18)25(28)31)26-24(30)16(2)3/h6-10,13-16,20,31-32H,5,11-12H2,1-4H3,(H,26,30). The molecule has 1 aromatic heterocycles. The van der Waals surface area contributed by atoms with Gasteiger partial charge < -0.3 is 24.5 Å². The van der Waals surface area contributed by atoms with E-state index in [0.717, 1.165) is 10.9 Å². The second-order valence-corrected chi connectivity index (χ2v) is 8.19. The van der Waals surface area contributed by atoms with Crippen molar-refractivity contribution >= 4 is 28.8 Å².